The zero-order chi connectivity index (χ0) is 17.1. The van der Waals surface area contributed by atoms with Gasteiger partial charge in [-0.15, -0.1) is 0 Å². The second kappa shape index (κ2) is 7.07. The summed E-state index contributed by atoms with van der Waals surface area (Å²) in [6.07, 6.45) is 4.39. The van der Waals surface area contributed by atoms with Crippen LogP contribution in [0.4, 0.5) is 10.3 Å². The van der Waals surface area contributed by atoms with Crippen LogP contribution in [0.5, 0.6) is 5.88 Å². The van der Waals surface area contributed by atoms with E-state index in [1.54, 1.807) is 0 Å². The van der Waals surface area contributed by atoms with Crippen LogP contribution in [-0.4, -0.2) is 39.6 Å². The van der Waals surface area contributed by atoms with Crippen molar-refractivity contribution >= 4 is 5.95 Å². The number of hydrogen-bond acceptors (Lipinski definition) is 6. The fourth-order valence-electron chi connectivity index (χ4n) is 2.84. The molecule has 0 amide bonds. The molecule has 2 aromatic heterocycles. The van der Waals surface area contributed by atoms with Gasteiger partial charge in [0.2, 0.25) is 11.8 Å². The summed E-state index contributed by atoms with van der Waals surface area (Å²) < 4.78 is 18.8. The molecule has 2 aromatic rings. The quantitative estimate of drug-likeness (QED) is 0.858. The summed E-state index contributed by atoms with van der Waals surface area (Å²) in [5.41, 5.74) is 1.96. The highest BCUT2D eigenvalue weighted by atomic mass is 19.1. The number of halogens is 1. The number of rotatable bonds is 4. The maximum Gasteiger partial charge on any atom is 0.225 e. The minimum Gasteiger partial charge on any atom is -0.477 e. The Bertz CT molecular complexity index is 699. The van der Waals surface area contributed by atoms with Gasteiger partial charge in [-0.2, -0.15) is 4.98 Å². The second-order valence-corrected chi connectivity index (χ2v) is 6.23. The maximum absolute atomic E-state index is 12.9. The van der Waals surface area contributed by atoms with Gasteiger partial charge in [0.05, 0.1) is 19.0 Å². The molecule has 0 radical (unpaired) electrons. The van der Waals surface area contributed by atoms with E-state index >= 15 is 0 Å². The average molecular weight is 331 g/mol. The molecule has 128 valence electrons. The number of aryl methyl sites for hydroxylation is 2. The maximum atomic E-state index is 12.9. The summed E-state index contributed by atoms with van der Waals surface area (Å²) in [5.74, 6) is 2.07. The Kier molecular flexibility index (Phi) is 4.87. The van der Waals surface area contributed by atoms with E-state index in [4.69, 9.17) is 4.74 Å². The van der Waals surface area contributed by atoms with E-state index in [-0.39, 0.29) is 0 Å². The monoisotopic (exact) mass is 331 g/mol. The number of nitrogens with zero attached hydrogens (tertiary/aromatic N) is 5. The summed E-state index contributed by atoms with van der Waals surface area (Å²) in [5, 5.41) is 0. The Hall–Kier alpha value is -2.31. The number of piperidine rings is 1. The molecule has 3 heterocycles. The van der Waals surface area contributed by atoms with Crippen LogP contribution in [-0.2, 0) is 0 Å². The third kappa shape index (κ3) is 3.77. The van der Waals surface area contributed by atoms with Crippen LogP contribution in [0.15, 0.2) is 12.4 Å². The van der Waals surface area contributed by atoms with Gasteiger partial charge >= 0.3 is 0 Å². The Morgan fingerprint density at radius 3 is 2.46 bits per heavy atom. The molecule has 0 spiro atoms. The van der Waals surface area contributed by atoms with Crippen molar-refractivity contribution < 1.29 is 9.13 Å². The Balaban J connectivity index is 1.53. The van der Waals surface area contributed by atoms with Gasteiger partial charge in [0.25, 0.3) is 0 Å². The van der Waals surface area contributed by atoms with Gasteiger partial charge < -0.3 is 9.64 Å². The van der Waals surface area contributed by atoms with E-state index in [1.807, 2.05) is 20.8 Å². The summed E-state index contributed by atoms with van der Waals surface area (Å²) in [6, 6.07) is 0. The molecule has 1 aliphatic rings. The lowest BCUT2D eigenvalue weighted by Crippen LogP contribution is -2.36. The largest absolute Gasteiger partial charge is 0.477 e. The van der Waals surface area contributed by atoms with Crippen LogP contribution in [0.3, 0.4) is 0 Å². The van der Waals surface area contributed by atoms with Crippen molar-refractivity contribution in [2.24, 2.45) is 5.92 Å². The fraction of sp³-hybridized carbons (Fsp3) is 0.529. The van der Waals surface area contributed by atoms with E-state index in [9.17, 15) is 4.39 Å². The van der Waals surface area contributed by atoms with Gasteiger partial charge in [0.15, 0.2) is 5.82 Å². The highest BCUT2D eigenvalue weighted by Gasteiger charge is 2.22. The van der Waals surface area contributed by atoms with Crippen molar-refractivity contribution in [2.75, 3.05) is 24.6 Å². The Morgan fingerprint density at radius 1 is 1.12 bits per heavy atom. The third-order valence-electron chi connectivity index (χ3n) is 4.42. The molecule has 6 nitrogen and oxygen atoms in total. The molecule has 1 aliphatic heterocycles. The molecule has 1 saturated heterocycles. The van der Waals surface area contributed by atoms with Gasteiger partial charge in [-0.25, -0.2) is 19.3 Å². The van der Waals surface area contributed by atoms with Crippen molar-refractivity contribution in [3.8, 4) is 5.88 Å². The van der Waals surface area contributed by atoms with E-state index in [0.29, 0.717) is 24.4 Å². The second-order valence-electron chi connectivity index (χ2n) is 6.23. The first-order chi connectivity index (χ1) is 11.5. The first-order valence-electron chi connectivity index (χ1n) is 8.20. The minimum atomic E-state index is -0.409. The number of aromatic nitrogens is 4. The van der Waals surface area contributed by atoms with Crippen molar-refractivity contribution in [3.05, 3.63) is 35.3 Å². The molecule has 0 aromatic carbocycles. The van der Waals surface area contributed by atoms with Gasteiger partial charge in [-0.05, 0) is 39.5 Å². The van der Waals surface area contributed by atoms with Crippen LogP contribution >= 0.6 is 0 Å². The Morgan fingerprint density at radius 2 is 1.79 bits per heavy atom. The van der Waals surface area contributed by atoms with Crippen molar-refractivity contribution in [1.29, 1.82) is 0 Å². The van der Waals surface area contributed by atoms with Gasteiger partial charge in [-0.3, -0.25) is 0 Å². The number of ether oxygens (including phenoxy) is 1. The lowest BCUT2D eigenvalue weighted by atomic mass is 9.98. The predicted octanol–water partition coefficient (Wildman–Crippen LogP) is 2.63. The predicted molar refractivity (Wildman–Crippen MR) is 88.7 cm³/mol. The Labute approximate surface area is 141 Å². The highest BCUT2D eigenvalue weighted by Crippen LogP contribution is 2.23. The van der Waals surface area contributed by atoms with Crippen molar-refractivity contribution in [1.82, 2.24) is 19.9 Å². The minimum absolute atomic E-state index is 0.409. The molecule has 0 unspecified atom stereocenters. The number of anilines is 1. The zero-order valence-corrected chi connectivity index (χ0v) is 14.3. The first-order valence-corrected chi connectivity index (χ1v) is 8.20. The van der Waals surface area contributed by atoms with Crippen LogP contribution in [0.2, 0.25) is 0 Å². The lowest BCUT2D eigenvalue weighted by Gasteiger charge is -2.31. The molecule has 3 rings (SSSR count). The molecule has 0 N–H and O–H groups in total. The smallest absolute Gasteiger partial charge is 0.225 e. The third-order valence-corrected chi connectivity index (χ3v) is 4.42. The van der Waals surface area contributed by atoms with E-state index in [1.165, 1.54) is 12.4 Å². The molecular weight excluding hydrogens is 309 g/mol. The van der Waals surface area contributed by atoms with E-state index < -0.39 is 5.82 Å². The topological polar surface area (TPSA) is 64.0 Å². The molecular formula is C17H22FN5O. The normalized spacial score (nSPS) is 15.6. The molecule has 0 bridgehead atoms. The zero-order valence-electron chi connectivity index (χ0n) is 14.3. The van der Waals surface area contributed by atoms with Crippen LogP contribution in [0.25, 0.3) is 0 Å². The highest BCUT2D eigenvalue weighted by molar-refractivity contribution is 5.30. The van der Waals surface area contributed by atoms with E-state index in [0.717, 1.165) is 43.0 Å². The van der Waals surface area contributed by atoms with Crippen LogP contribution in [0, 0.1) is 32.5 Å². The summed E-state index contributed by atoms with van der Waals surface area (Å²) in [4.78, 5) is 18.9. The van der Waals surface area contributed by atoms with Crippen LogP contribution < -0.4 is 9.64 Å². The van der Waals surface area contributed by atoms with Crippen LogP contribution in [0.1, 0.15) is 29.9 Å². The van der Waals surface area contributed by atoms with Crippen molar-refractivity contribution in [2.45, 2.75) is 33.6 Å². The molecule has 0 aliphatic carbocycles. The van der Waals surface area contributed by atoms with Gasteiger partial charge in [0, 0.05) is 24.3 Å². The fourth-order valence-corrected chi connectivity index (χ4v) is 2.84. The summed E-state index contributed by atoms with van der Waals surface area (Å²) in [6.45, 7) is 8.17. The van der Waals surface area contributed by atoms with Crippen molar-refractivity contribution in [3.63, 3.8) is 0 Å². The van der Waals surface area contributed by atoms with E-state index in [2.05, 4.69) is 24.8 Å². The number of hydrogen-bond donors (Lipinski definition) is 0. The van der Waals surface area contributed by atoms with Gasteiger partial charge in [-0.1, -0.05) is 0 Å². The lowest BCUT2D eigenvalue weighted by molar-refractivity contribution is 0.213. The molecule has 24 heavy (non-hydrogen) atoms. The molecule has 1 fully saturated rings. The average Bonchev–Trinajstić information content (AvgIpc) is 2.58. The molecule has 0 saturated carbocycles. The molecule has 7 heteroatoms. The summed E-state index contributed by atoms with van der Waals surface area (Å²) in [7, 11) is 0. The summed E-state index contributed by atoms with van der Waals surface area (Å²) >= 11 is 0. The SMILES string of the molecule is Cc1nc(C)c(C)c(OCC2CCN(c3ncc(F)cn3)CC2)n1. The standard InChI is InChI=1S/C17H22FN5O/c1-11-12(2)21-13(3)22-16(11)24-10-14-4-6-23(7-5-14)17-19-8-15(18)9-20-17/h8-9,14H,4-7,10H2,1-3H3. The molecule has 0 atom stereocenters. The van der Waals surface area contributed by atoms with Gasteiger partial charge in [0.1, 0.15) is 5.82 Å². The first kappa shape index (κ1) is 16.5.